The highest BCUT2D eigenvalue weighted by Gasteiger charge is 2.21. The minimum absolute atomic E-state index is 0.660. The number of rotatable bonds is 3. The van der Waals surface area contributed by atoms with E-state index in [0.29, 0.717) is 5.95 Å². The molecule has 0 radical (unpaired) electrons. The molecule has 3 aromatic heterocycles. The van der Waals surface area contributed by atoms with Gasteiger partial charge in [0, 0.05) is 38.2 Å². The number of fused-ring (bicyclic) bond motifs is 13. The third-order valence-corrected chi connectivity index (χ3v) is 11.3. The molecule has 4 heteroatoms. The number of hydrogen-bond donors (Lipinski definition) is 0. The third kappa shape index (κ3) is 4.08. The van der Waals surface area contributed by atoms with Crippen LogP contribution in [0.4, 0.5) is 0 Å². The molecule has 12 aromatic rings. The van der Waals surface area contributed by atoms with Crippen molar-refractivity contribution in [3.05, 3.63) is 182 Å². The van der Waals surface area contributed by atoms with Gasteiger partial charge in [0.15, 0.2) is 0 Å². The zero-order valence-electron chi connectivity index (χ0n) is 29.1. The smallest absolute Gasteiger partial charge is 0.235 e. The zero-order valence-corrected chi connectivity index (χ0v) is 29.1. The van der Waals surface area contributed by atoms with Gasteiger partial charge in [-0.2, -0.15) is 0 Å². The second-order valence-electron chi connectivity index (χ2n) is 14.2. The largest absolute Gasteiger partial charge is 0.309 e. The maximum Gasteiger partial charge on any atom is 0.235 e. The van der Waals surface area contributed by atoms with Crippen molar-refractivity contribution < 1.29 is 0 Å². The Morgan fingerprint density at radius 3 is 1.81 bits per heavy atom. The average Bonchev–Trinajstić information content (AvgIpc) is 3.76. The van der Waals surface area contributed by atoms with Gasteiger partial charge < -0.3 is 4.57 Å². The summed E-state index contributed by atoms with van der Waals surface area (Å²) in [4.78, 5) is 10.8. The molecule has 0 saturated heterocycles. The van der Waals surface area contributed by atoms with Crippen LogP contribution in [0.15, 0.2) is 182 Å². The fraction of sp³-hybridized carbons (Fsp3) is 0. The highest BCUT2D eigenvalue weighted by Crippen LogP contribution is 2.41. The highest BCUT2D eigenvalue weighted by atomic mass is 15.2. The summed E-state index contributed by atoms with van der Waals surface area (Å²) in [6.45, 7) is 0. The summed E-state index contributed by atoms with van der Waals surface area (Å²) < 4.78 is 4.61. The van der Waals surface area contributed by atoms with Crippen molar-refractivity contribution in [1.29, 1.82) is 0 Å². The van der Waals surface area contributed by atoms with E-state index < -0.39 is 0 Å². The summed E-state index contributed by atoms with van der Waals surface area (Å²) in [7, 11) is 0. The van der Waals surface area contributed by atoms with Gasteiger partial charge in [-0.25, -0.2) is 9.97 Å². The summed E-state index contributed by atoms with van der Waals surface area (Å²) in [5, 5.41) is 13.4. The normalized spacial score (nSPS) is 12.1. The molecule has 0 atom stereocenters. The molecular formula is C50H30N4. The Morgan fingerprint density at radius 2 is 0.944 bits per heavy atom. The Kier molecular flexibility index (Phi) is 6.02. The van der Waals surface area contributed by atoms with Crippen molar-refractivity contribution in [2.75, 3.05) is 0 Å². The second kappa shape index (κ2) is 11.1. The van der Waals surface area contributed by atoms with Crippen LogP contribution < -0.4 is 0 Å². The molecule has 12 rings (SSSR count). The van der Waals surface area contributed by atoms with Gasteiger partial charge in [-0.15, -0.1) is 0 Å². The molecule has 9 aromatic carbocycles. The Balaban J connectivity index is 1.14. The van der Waals surface area contributed by atoms with Crippen molar-refractivity contribution in [2.45, 2.75) is 0 Å². The minimum atomic E-state index is 0.660. The lowest BCUT2D eigenvalue weighted by molar-refractivity contribution is 1.01. The molecule has 0 bridgehead atoms. The molecule has 0 aliphatic rings. The van der Waals surface area contributed by atoms with Crippen LogP contribution in [0.25, 0.3) is 110 Å². The average molecular weight is 687 g/mol. The van der Waals surface area contributed by atoms with Gasteiger partial charge in [0.2, 0.25) is 5.95 Å². The Morgan fingerprint density at radius 1 is 0.333 bits per heavy atom. The molecule has 250 valence electrons. The third-order valence-electron chi connectivity index (χ3n) is 11.3. The van der Waals surface area contributed by atoms with Crippen LogP contribution in [0.1, 0.15) is 0 Å². The molecular weight excluding hydrogens is 657 g/mol. The van der Waals surface area contributed by atoms with Crippen molar-refractivity contribution >= 4 is 86.8 Å². The monoisotopic (exact) mass is 686 g/mol. The number of benzene rings is 9. The molecule has 3 heterocycles. The van der Waals surface area contributed by atoms with Crippen LogP contribution in [0.3, 0.4) is 0 Å². The van der Waals surface area contributed by atoms with Gasteiger partial charge in [-0.1, -0.05) is 133 Å². The summed E-state index contributed by atoms with van der Waals surface area (Å²) in [5.74, 6) is 0.660. The molecule has 0 saturated carbocycles. The van der Waals surface area contributed by atoms with Gasteiger partial charge in [0.25, 0.3) is 0 Å². The fourth-order valence-electron chi connectivity index (χ4n) is 8.95. The number of aromatic nitrogens is 4. The first-order valence-electron chi connectivity index (χ1n) is 18.4. The zero-order chi connectivity index (χ0) is 35.3. The highest BCUT2D eigenvalue weighted by molar-refractivity contribution is 6.29. The second-order valence-corrected chi connectivity index (χ2v) is 14.2. The minimum Gasteiger partial charge on any atom is -0.309 e. The first-order chi connectivity index (χ1) is 26.8. The fourth-order valence-corrected chi connectivity index (χ4v) is 8.95. The van der Waals surface area contributed by atoms with E-state index in [2.05, 4.69) is 191 Å². The number of nitrogens with zero attached hydrogens (tertiary/aromatic N) is 4. The first-order valence-corrected chi connectivity index (χ1v) is 18.4. The van der Waals surface area contributed by atoms with Gasteiger partial charge in [-0.3, -0.25) is 4.57 Å². The topological polar surface area (TPSA) is 35.6 Å². The molecule has 0 N–H and O–H groups in total. The van der Waals surface area contributed by atoms with E-state index in [9.17, 15) is 0 Å². The Hall–Kier alpha value is -7.30. The Bertz CT molecular complexity index is 3500. The lowest BCUT2D eigenvalue weighted by atomic mass is 9.94. The van der Waals surface area contributed by atoms with E-state index in [1.54, 1.807) is 0 Å². The maximum atomic E-state index is 5.48. The van der Waals surface area contributed by atoms with E-state index in [-0.39, 0.29) is 0 Å². The van der Waals surface area contributed by atoms with Crippen LogP contribution in [0, 0.1) is 0 Å². The quantitative estimate of drug-likeness (QED) is 0.173. The standard InChI is InChI=1S/C50H30N4/c1-2-13-34(14-3-1)53-43-20-10-7-16-36(43)41-30-33(25-28-45(41)53)49-39-17-6-9-19-42(39)51-50(52-49)54-44-21-11-8-18-40(44)48-38-26-24-32-23-22-31-12-4-5-15-35(31)47(32)37(38)27-29-46(48)54/h1-30H. The van der Waals surface area contributed by atoms with Crippen molar-refractivity contribution in [2.24, 2.45) is 0 Å². The number of para-hydroxylation sites is 4. The molecule has 0 amide bonds. The van der Waals surface area contributed by atoms with Crippen molar-refractivity contribution in [1.82, 2.24) is 19.1 Å². The van der Waals surface area contributed by atoms with Gasteiger partial charge in [-0.05, 0) is 80.8 Å². The Labute approximate surface area is 309 Å². The maximum absolute atomic E-state index is 5.48. The summed E-state index contributed by atoms with van der Waals surface area (Å²) in [5.41, 5.74) is 8.55. The van der Waals surface area contributed by atoms with Crippen LogP contribution >= 0.6 is 0 Å². The van der Waals surface area contributed by atoms with Crippen LogP contribution in [0.5, 0.6) is 0 Å². The van der Waals surface area contributed by atoms with Crippen molar-refractivity contribution in [3.8, 4) is 22.9 Å². The summed E-state index contributed by atoms with van der Waals surface area (Å²) in [6, 6.07) is 65.4. The molecule has 0 unspecified atom stereocenters. The summed E-state index contributed by atoms with van der Waals surface area (Å²) >= 11 is 0. The lowest BCUT2D eigenvalue weighted by Gasteiger charge is -2.13. The SMILES string of the molecule is c1ccc(-n2c3ccccc3c3cc(-c4nc(-n5c6ccccc6c6c7ccc8ccc9ccccc9c8c7ccc65)nc5ccccc45)ccc32)cc1. The summed E-state index contributed by atoms with van der Waals surface area (Å²) in [6.07, 6.45) is 0. The molecule has 4 nitrogen and oxygen atoms in total. The predicted octanol–water partition coefficient (Wildman–Crippen LogP) is 13.0. The molecule has 0 fully saturated rings. The van der Waals surface area contributed by atoms with E-state index in [1.165, 1.54) is 64.9 Å². The predicted molar refractivity (Wildman–Crippen MR) is 226 cm³/mol. The van der Waals surface area contributed by atoms with Crippen LogP contribution in [-0.2, 0) is 0 Å². The number of hydrogen-bond acceptors (Lipinski definition) is 2. The van der Waals surface area contributed by atoms with E-state index in [4.69, 9.17) is 9.97 Å². The van der Waals surface area contributed by atoms with E-state index in [1.807, 2.05) is 0 Å². The van der Waals surface area contributed by atoms with Crippen LogP contribution in [-0.4, -0.2) is 19.1 Å². The molecule has 54 heavy (non-hydrogen) atoms. The van der Waals surface area contributed by atoms with Gasteiger partial charge in [0.05, 0.1) is 33.3 Å². The molecule has 0 spiro atoms. The van der Waals surface area contributed by atoms with E-state index >= 15 is 0 Å². The van der Waals surface area contributed by atoms with Crippen molar-refractivity contribution in [3.63, 3.8) is 0 Å². The molecule has 0 aliphatic heterocycles. The van der Waals surface area contributed by atoms with E-state index in [0.717, 1.165) is 38.9 Å². The van der Waals surface area contributed by atoms with Gasteiger partial charge >= 0.3 is 0 Å². The molecule has 0 aliphatic carbocycles. The van der Waals surface area contributed by atoms with Crippen LogP contribution in [0.2, 0.25) is 0 Å². The lowest BCUT2D eigenvalue weighted by Crippen LogP contribution is -2.03. The van der Waals surface area contributed by atoms with Gasteiger partial charge in [0.1, 0.15) is 0 Å². The first kappa shape index (κ1) is 29.3.